The second kappa shape index (κ2) is 7.44. The van der Waals surface area contributed by atoms with Gasteiger partial charge in [-0.1, -0.05) is 41.6 Å². The minimum Gasteiger partial charge on any atom is -0.352 e. The van der Waals surface area contributed by atoms with Gasteiger partial charge >= 0.3 is 0 Å². The summed E-state index contributed by atoms with van der Waals surface area (Å²) < 4.78 is 7.32. The first-order chi connectivity index (χ1) is 14.7. The number of fused-ring (bicyclic) bond motifs is 2. The highest BCUT2D eigenvalue weighted by Crippen LogP contribution is 2.26. The molecule has 0 radical (unpaired) electrons. The molecule has 0 fully saturated rings. The number of amides is 1. The van der Waals surface area contributed by atoms with Crippen LogP contribution in [0, 0.1) is 6.92 Å². The number of aromatic nitrogens is 4. The molecule has 0 spiro atoms. The second-order valence-corrected chi connectivity index (χ2v) is 7.07. The molecule has 0 atom stereocenters. The van der Waals surface area contributed by atoms with Crippen LogP contribution in [0.3, 0.4) is 0 Å². The zero-order valence-electron chi connectivity index (χ0n) is 16.4. The topological polar surface area (TPSA) is 85.3 Å². The van der Waals surface area contributed by atoms with Crippen molar-refractivity contribution in [3.8, 4) is 11.3 Å². The zero-order chi connectivity index (χ0) is 20.5. The van der Waals surface area contributed by atoms with E-state index in [1.165, 1.54) is 0 Å². The maximum Gasteiger partial charge on any atom is 0.259 e. The summed E-state index contributed by atoms with van der Waals surface area (Å²) in [5, 5.41) is 7.63. The number of benzene rings is 1. The number of hydrogen-bond acceptors (Lipinski definition) is 5. The number of nitrogens with one attached hydrogen (secondary N) is 1. The number of carbonyl (C=O) groups is 1. The van der Waals surface area contributed by atoms with Crippen LogP contribution in [0.15, 0.2) is 71.5 Å². The van der Waals surface area contributed by atoms with Gasteiger partial charge in [0.1, 0.15) is 5.65 Å². The Bertz CT molecular complexity index is 1320. The highest BCUT2D eigenvalue weighted by atomic mass is 16.5. The summed E-state index contributed by atoms with van der Waals surface area (Å²) in [7, 11) is 0. The highest BCUT2D eigenvalue weighted by Gasteiger charge is 2.19. The van der Waals surface area contributed by atoms with Crippen LogP contribution < -0.4 is 5.32 Å². The first kappa shape index (κ1) is 18.1. The van der Waals surface area contributed by atoms with E-state index in [2.05, 4.69) is 20.4 Å². The minimum absolute atomic E-state index is 0.186. The number of hydrogen-bond donors (Lipinski definition) is 1. The largest absolute Gasteiger partial charge is 0.352 e. The summed E-state index contributed by atoms with van der Waals surface area (Å²) in [6.07, 6.45) is 4.57. The van der Waals surface area contributed by atoms with E-state index in [1.54, 1.807) is 6.07 Å². The van der Waals surface area contributed by atoms with Gasteiger partial charge in [0.05, 0.1) is 28.0 Å². The quantitative estimate of drug-likeness (QED) is 0.487. The van der Waals surface area contributed by atoms with Crippen molar-refractivity contribution in [2.75, 3.05) is 6.54 Å². The van der Waals surface area contributed by atoms with Crippen LogP contribution in [0.5, 0.6) is 0 Å². The van der Waals surface area contributed by atoms with E-state index in [-0.39, 0.29) is 5.91 Å². The van der Waals surface area contributed by atoms with Crippen molar-refractivity contribution in [2.45, 2.75) is 13.3 Å². The van der Waals surface area contributed by atoms with Gasteiger partial charge in [0, 0.05) is 30.9 Å². The molecule has 0 bridgehead atoms. The predicted octanol–water partition coefficient (Wildman–Crippen LogP) is 3.82. The van der Waals surface area contributed by atoms with E-state index < -0.39 is 0 Å². The van der Waals surface area contributed by atoms with E-state index in [0.717, 1.165) is 16.9 Å². The van der Waals surface area contributed by atoms with Gasteiger partial charge in [-0.25, -0.2) is 9.97 Å². The molecule has 1 amide bonds. The number of rotatable bonds is 5. The normalized spacial score (nSPS) is 11.2. The van der Waals surface area contributed by atoms with Gasteiger partial charge in [-0.15, -0.1) is 0 Å². The number of carbonyl (C=O) groups excluding carboxylic acids is 1. The molecule has 1 N–H and O–H groups in total. The molecule has 4 heterocycles. The molecule has 0 aliphatic rings. The van der Waals surface area contributed by atoms with Gasteiger partial charge < -0.3 is 14.2 Å². The summed E-state index contributed by atoms with van der Waals surface area (Å²) in [4.78, 5) is 22.1. The Morgan fingerprint density at radius 2 is 1.93 bits per heavy atom. The molecule has 0 saturated heterocycles. The predicted molar refractivity (Wildman–Crippen MR) is 113 cm³/mol. The van der Waals surface area contributed by atoms with Crippen molar-refractivity contribution in [2.24, 2.45) is 0 Å². The third kappa shape index (κ3) is 3.30. The number of imidazole rings is 1. The molecule has 7 nitrogen and oxygen atoms in total. The maximum absolute atomic E-state index is 13.0. The SMILES string of the molecule is Cc1noc2nc(-c3ccccc3)cc(C(=O)NCCc3cn4ccccc4n3)c12. The Labute approximate surface area is 172 Å². The third-order valence-corrected chi connectivity index (χ3v) is 5.01. The Kier molecular flexibility index (Phi) is 4.48. The van der Waals surface area contributed by atoms with Gasteiger partial charge in [-0.05, 0) is 25.1 Å². The van der Waals surface area contributed by atoms with Crippen molar-refractivity contribution >= 4 is 22.7 Å². The molecule has 5 rings (SSSR count). The Balaban J connectivity index is 1.40. The molecule has 0 unspecified atom stereocenters. The first-order valence-corrected chi connectivity index (χ1v) is 9.72. The van der Waals surface area contributed by atoms with E-state index >= 15 is 0 Å². The molecule has 0 saturated carbocycles. The fourth-order valence-electron chi connectivity index (χ4n) is 3.54. The molecule has 1 aromatic carbocycles. The Hall–Kier alpha value is -4.00. The molecule has 0 aliphatic heterocycles. The van der Waals surface area contributed by atoms with Gasteiger partial charge in [0.15, 0.2) is 0 Å². The van der Waals surface area contributed by atoms with E-state index in [1.807, 2.05) is 72.2 Å². The lowest BCUT2D eigenvalue weighted by molar-refractivity contribution is 0.0955. The average Bonchev–Trinajstić information content (AvgIpc) is 3.36. The standard InChI is InChI=1S/C23H19N5O2/c1-15-21-18(13-19(26-23(21)30-27-15)16-7-3-2-4-8-16)22(29)24-11-10-17-14-28-12-6-5-9-20(28)25-17/h2-9,12-14H,10-11H2,1H3,(H,24,29). The average molecular weight is 397 g/mol. The summed E-state index contributed by atoms with van der Waals surface area (Å²) in [5.74, 6) is -0.186. The van der Waals surface area contributed by atoms with Gasteiger partial charge in [-0.2, -0.15) is 0 Å². The number of pyridine rings is 2. The molecule has 5 aromatic rings. The smallest absolute Gasteiger partial charge is 0.259 e. The summed E-state index contributed by atoms with van der Waals surface area (Å²) in [5.41, 5.74) is 4.90. The number of aryl methyl sites for hydroxylation is 1. The summed E-state index contributed by atoms with van der Waals surface area (Å²) >= 11 is 0. The third-order valence-electron chi connectivity index (χ3n) is 5.01. The van der Waals surface area contributed by atoms with Crippen LogP contribution in [-0.2, 0) is 6.42 Å². The van der Waals surface area contributed by atoms with E-state index in [4.69, 9.17) is 4.52 Å². The molecular formula is C23H19N5O2. The van der Waals surface area contributed by atoms with Crippen LogP contribution >= 0.6 is 0 Å². The monoisotopic (exact) mass is 397 g/mol. The molecular weight excluding hydrogens is 378 g/mol. The van der Waals surface area contributed by atoms with Crippen LogP contribution in [-0.4, -0.2) is 32.0 Å². The molecule has 7 heteroatoms. The van der Waals surface area contributed by atoms with Crippen LogP contribution in [0.25, 0.3) is 28.0 Å². The lowest BCUT2D eigenvalue weighted by atomic mass is 10.1. The van der Waals surface area contributed by atoms with Gasteiger partial charge in [0.2, 0.25) is 0 Å². The van der Waals surface area contributed by atoms with Gasteiger partial charge in [0.25, 0.3) is 11.6 Å². The highest BCUT2D eigenvalue weighted by molar-refractivity contribution is 6.07. The van der Waals surface area contributed by atoms with E-state index in [9.17, 15) is 4.79 Å². The lowest BCUT2D eigenvalue weighted by Gasteiger charge is -2.08. The fourth-order valence-corrected chi connectivity index (χ4v) is 3.54. The number of nitrogens with zero attached hydrogens (tertiary/aromatic N) is 4. The van der Waals surface area contributed by atoms with Crippen molar-refractivity contribution in [1.29, 1.82) is 0 Å². The maximum atomic E-state index is 13.0. The fraction of sp³-hybridized carbons (Fsp3) is 0.130. The molecule has 4 aromatic heterocycles. The van der Waals surface area contributed by atoms with Crippen molar-refractivity contribution in [1.82, 2.24) is 24.8 Å². The lowest BCUT2D eigenvalue weighted by Crippen LogP contribution is -2.26. The Morgan fingerprint density at radius 1 is 1.10 bits per heavy atom. The molecule has 0 aliphatic carbocycles. The molecule has 148 valence electrons. The van der Waals surface area contributed by atoms with Crippen molar-refractivity contribution in [3.05, 3.63) is 83.9 Å². The van der Waals surface area contributed by atoms with Gasteiger partial charge in [-0.3, -0.25) is 4.79 Å². The van der Waals surface area contributed by atoms with Crippen LogP contribution in [0.1, 0.15) is 21.7 Å². The summed E-state index contributed by atoms with van der Waals surface area (Å²) in [6.45, 7) is 2.28. The van der Waals surface area contributed by atoms with E-state index in [0.29, 0.717) is 41.0 Å². The first-order valence-electron chi connectivity index (χ1n) is 9.72. The molecule has 30 heavy (non-hydrogen) atoms. The minimum atomic E-state index is -0.186. The second-order valence-electron chi connectivity index (χ2n) is 7.07. The Morgan fingerprint density at radius 3 is 2.77 bits per heavy atom. The van der Waals surface area contributed by atoms with Crippen molar-refractivity contribution in [3.63, 3.8) is 0 Å². The van der Waals surface area contributed by atoms with Crippen LogP contribution in [0.4, 0.5) is 0 Å². The zero-order valence-corrected chi connectivity index (χ0v) is 16.4. The van der Waals surface area contributed by atoms with Crippen LogP contribution in [0.2, 0.25) is 0 Å². The van der Waals surface area contributed by atoms with Crippen molar-refractivity contribution < 1.29 is 9.32 Å². The summed E-state index contributed by atoms with van der Waals surface area (Å²) in [6, 6.07) is 17.4.